The van der Waals surface area contributed by atoms with Crippen LogP contribution in [-0.2, 0) is 0 Å². The van der Waals surface area contributed by atoms with E-state index in [2.05, 4.69) is 5.18 Å². The molecule has 0 radical (unpaired) electrons. The lowest BCUT2D eigenvalue weighted by atomic mass is 10.2. The summed E-state index contributed by atoms with van der Waals surface area (Å²) in [5.41, 5.74) is 5.21. The molecule has 0 aliphatic heterocycles. The van der Waals surface area contributed by atoms with Crippen molar-refractivity contribution in [3.63, 3.8) is 0 Å². The minimum Gasteiger partial charge on any atom is -0.366 e. The standard InChI is InChI=1S/C7H5ClN2O2/c8-6-2-1-4(10-12)3-5(6)7(9)11/h1-3H,(H2,9,11). The van der Waals surface area contributed by atoms with Crippen LogP contribution in [0, 0.1) is 4.91 Å². The molecule has 12 heavy (non-hydrogen) atoms. The highest BCUT2D eigenvalue weighted by Crippen LogP contribution is 2.21. The fraction of sp³-hybridized carbons (Fsp3) is 0. The second-order valence-corrected chi connectivity index (χ2v) is 2.53. The van der Waals surface area contributed by atoms with E-state index in [4.69, 9.17) is 17.3 Å². The minimum atomic E-state index is -0.675. The Bertz CT molecular complexity index is 338. The van der Waals surface area contributed by atoms with Crippen molar-refractivity contribution in [1.82, 2.24) is 0 Å². The summed E-state index contributed by atoms with van der Waals surface area (Å²) in [5.74, 6) is -0.675. The van der Waals surface area contributed by atoms with E-state index in [-0.39, 0.29) is 16.3 Å². The molecule has 0 heterocycles. The van der Waals surface area contributed by atoms with Crippen molar-refractivity contribution in [2.24, 2.45) is 10.9 Å². The van der Waals surface area contributed by atoms with Gasteiger partial charge in [-0.3, -0.25) is 4.79 Å². The first-order valence-electron chi connectivity index (χ1n) is 3.08. The van der Waals surface area contributed by atoms with Crippen LogP contribution in [0.25, 0.3) is 0 Å². The fourth-order valence-corrected chi connectivity index (χ4v) is 0.970. The first kappa shape index (κ1) is 8.67. The van der Waals surface area contributed by atoms with E-state index in [1.54, 1.807) is 0 Å². The van der Waals surface area contributed by atoms with Crippen LogP contribution in [0.4, 0.5) is 5.69 Å². The minimum absolute atomic E-state index is 0.105. The van der Waals surface area contributed by atoms with Gasteiger partial charge in [0.25, 0.3) is 0 Å². The van der Waals surface area contributed by atoms with Gasteiger partial charge in [-0.2, -0.15) is 0 Å². The van der Waals surface area contributed by atoms with E-state index in [9.17, 15) is 9.70 Å². The van der Waals surface area contributed by atoms with Crippen LogP contribution < -0.4 is 5.73 Å². The lowest BCUT2D eigenvalue weighted by molar-refractivity contribution is 0.100. The maximum absolute atomic E-state index is 10.7. The summed E-state index contributed by atoms with van der Waals surface area (Å²) in [7, 11) is 0. The molecule has 0 aromatic heterocycles. The zero-order valence-electron chi connectivity index (χ0n) is 5.95. The Morgan fingerprint density at radius 3 is 2.67 bits per heavy atom. The second kappa shape index (κ2) is 3.32. The second-order valence-electron chi connectivity index (χ2n) is 2.12. The maximum atomic E-state index is 10.7. The first-order chi connectivity index (χ1) is 5.65. The molecule has 0 saturated carbocycles. The van der Waals surface area contributed by atoms with Crippen LogP contribution in [0.15, 0.2) is 23.4 Å². The highest BCUT2D eigenvalue weighted by molar-refractivity contribution is 6.33. The molecule has 0 bridgehead atoms. The Morgan fingerprint density at radius 1 is 1.50 bits per heavy atom. The van der Waals surface area contributed by atoms with E-state index < -0.39 is 5.91 Å². The number of nitrogens with zero attached hydrogens (tertiary/aromatic N) is 1. The summed E-state index contributed by atoms with van der Waals surface area (Å²) in [4.78, 5) is 20.7. The predicted octanol–water partition coefficient (Wildman–Crippen LogP) is 1.84. The Balaban J connectivity index is 3.25. The average molecular weight is 185 g/mol. The number of benzene rings is 1. The van der Waals surface area contributed by atoms with Crippen molar-refractivity contribution in [2.75, 3.05) is 0 Å². The number of nitrogens with two attached hydrogens (primary N) is 1. The molecule has 0 unspecified atom stereocenters. The van der Waals surface area contributed by atoms with Gasteiger partial charge in [-0.1, -0.05) is 11.6 Å². The molecule has 1 amide bonds. The number of nitroso groups, excluding NO2 is 1. The lowest BCUT2D eigenvalue weighted by Crippen LogP contribution is -2.11. The van der Waals surface area contributed by atoms with Gasteiger partial charge < -0.3 is 5.73 Å². The smallest absolute Gasteiger partial charge is 0.250 e. The fourth-order valence-electron chi connectivity index (χ4n) is 0.759. The summed E-state index contributed by atoms with van der Waals surface area (Å²) in [6, 6.07) is 4.05. The van der Waals surface area contributed by atoms with Crippen LogP contribution >= 0.6 is 11.6 Å². The first-order valence-corrected chi connectivity index (χ1v) is 3.45. The summed E-state index contributed by atoms with van der Waals surface area (Å²) < 4.78 is 0. The topological polar surface area (TPSA) is 72.5 Å². The highest BCUT2D eigenvalue weighted by Gasteiger charge is 2.06. The third-order valence-electron chi connectivity index (χ3n) is 1.32. The Morgan fingerprint density at radius 2 is 2.17 bits per heavy atom. The predicted molar refractivity (Wildman–Crippen MR) is 45.4 cm³/mol. The van der Waals surface area contributed by atoms with Crippen molar-refractivity contribution in [3.8, 4) is 0 Å². The molecule has 0 aliphatic carbocycles. The van der Waals surface area contributed by atoms with E-state index in [0.29, 0.717) is 0 Å². The largest absolute Gasteiger partial charge is 0.366 e. The van der Waals surface area contributed by atoms with Gasteiger partial charge in [-0.05, 0) is 23.4 Å². The van der Waals surface area contributed by atoms with Gasteiger partial charge in [-0.25, -0.2) is 0 Å². The van der Waals surface area contributed by atoms with E-state index in [0.717, 1.165) is 0 Å². The zero-order chi connectivity index (χ0) is 9.14. The van der Waals surface area contributed by atoms with Crippen LogP contribution in [0.2, 0.25) is 5.02 Å². The number of halogens is 1. The van der Waals surface area contributed by atoms with Gasteiger partial charge >= 0.3 is 0 Å². The Labute approximate surface area is 73.3 Å². The number of primary amides is 1. The van der Waals surface area contributed by atoms with Gasteiger partial charge in [0.2, 0.25) is 5.91 Å². The highest BCUT2D eigenvalue weighted by atomic mass is 35.5. The molecule has 62 valence electrons. The van der Waals surface area contributed by atoms with E-state index in [1.807, 2.05) is 0 Å². The molecule has 0 aliphatic rings. The summed E-state index contributed by atoms with van der Waals surface area (Å²) >= 11 is 5.60. The average Bonchev–Trinajstić information content (AvgIpc) is 2.05. The molecule has 4 nitrogen and oxygen atoms in total. The van der Waals surface area contributed by atoms with Crippen molar-refractivity contribution in [3.05, 3.63) is 33.7 Å². The van der Waals surface area contributed by atoms with Gasteiger partial charge in [0, 0.05) is 0 Å². The van der Waals surface area contributed by atoms with E-state index >= 15 is 0 Å². The molecule has 1 aromatic carbocycles. The molecular formula is C7H5ClN2O2. The summed E-state index contributed by atoms with van der Waals surface area (Å²) in [6.45, 7) is 0. The third kappa shape index (κ3) is 1.60. The number of hydrogen-bond donors (Lipinski definition) is 1. The SMILES string of the molecule is NC(=O)c1cc(N=O)ccc1Cl. The van der Waals surface area contributed by atoms with Gasteiger partial charge in [0.15, 0.2) is 0 Å². The number of carbonyl (C=O) groups is 1. The Kier molecular flexibility index (Phi) is 2.40. The van der Waals surface area contributed by atoms with E-state index in [1.165, 1.54) is 18.2 Å². The molecular weight excluding hydrogens is 180 g/mol. The number of amides is 1. The molecule has 1 rings (SSSR count). The summed E-state index contributed by atoms with van der Waals surface area (Å²) in [5, 5.41) is 2.86. The number of rotatable bonds is 2. The van der Waals surface area contributed by atoms with Gasteiger partial charge in [-0.15, -0.1) is 4.91 Å². The Hall–Kier alpha value is -1.42. The maximum Gasteiger partial charge on any atom is 0.250 e. The van der Waals surface area contributed by atoms with Crippen molar-refractivity contribution in [2.45, 2.75) is 0 Å². The molecule has 0 atom stereocenters. The van der Waals surface area contributed by atoms with Gasteiger partial charge in [0.1, 0.15) is 5.69 Å². The van der Waals surface area contributed by atoms with Crippen LogP contribution in [0.1, 0.15) is 10.4 Å². The van der Waals surface area contributed by atoms with Gasteiger partial charge in [0.05, 0.1) is 10.6 Å². The molecule has 2 N–H and O–H groups in total. The van der Waals surface area contributed by atoms with Crippen molar-refractivity contribution < 1.29 is 4.79 Å². The summed E-state index contributed by atoms with van der Waals surface area (Å²) in [6.07, 6.45) is 0. The molecule has 0 saturated heterocycles. The zero-order valence-corrected chi connectivity index (χ0v) is 6.71. The lowest BCUT2D eigenvalue weighted by Gasteiger charge is -1.98. The normalized spacial score (nSPS) is 9.42. The van der Waals surface area contributed by atoms with Crippen LogP contribution in [-0.4, -0.2) is 5.91 Å². The van der Waals surface area contributed by atoms with Crippen molar-refractivity contribution in [1.29, 1.82) is 0 Å². The monoisotopic (exact) mass is 184 g/mol. The third-order valence-corrected chi connectivity index (χ3v) is 1.65. The van der Waals surface area contributed by atoms with Crippen LogP contribution in [0.3, 0.4) is 0 Å². The van der Waals surface area contributed by atoms with Crippen molar-refractivity contribution >= 4 is 23.2 Å². The molecule has 5 heteroatoms. The molecule has 1 aromatic rings. The number of carbonyl (C=O) groups excluding carboxylic acids is 1. The quantitative estimate of drug-likeness (QED) is 0.713. The molecule has 0 fully saturated rings. The molecule has 0 spiro atoms. The number of hydrogen-bond acceptors (Lipinski definition) is 3. The van der Waals surface area contributed by atoms with Crippen LogP contribution in [0.5, 0.6) is 0 Å².